The van der Waals surface area contributed by atoms with Crippen LogP contribution in [0.4, 0.5) is 0 Å². The molecule has 2 rings (SSSR count). The monoisotopic (exact) mass is 207 g/mol. The molecule has 1 aliphatic rings. The molecule has 3 heteroatoms. The molecule has 1 aromatic rings. The lowest BCUT2D eigenvalue weighted by molar-refractivity contribution is -0.114. The summed E-state index contributed by atoms with van der Waals surface area (Å²) < 4.78 is 5.35. The van der Waals surface area contributed by atoms with Crippen molar-refractivity contribution >= 4 is 0 Å². The molecule has 0 radical (unpaired) electrons. The molecule has 1 fully saturated rings. The molecule has 2 atom stereocenters. The first kappa shape index (κ1) is 10.6. The Morgan fingerprint density at radius 1 is 1.40 bits per heavy atom. The van der Waals surface area contributed by atoms with E-state index < -0.39 is 5.60 Å². The average molecular weight is 207 g/mol. The van der Waals surface area contributed by atoms with Crippen LogP contribution in [-0.4, -0.2) is 31.4 Å². The SMILES string of the molecule is CO[C@@H]1CNCC[C@@]1(O)c1ccccc1. The Bertz CT molecular complexity index is 315. The molecule has 15 heavy (non-hydrogen) atoms. The predicted octanol–water partition coefficient (Wildman–Crippen LogP) is 0.882. The molecular weight excluding hydrogens is 190 g/mol. The number of benzene rings is 1. The van der Waals surface area contributed by atoms with E-state index >= 15 is 0 Å². The number of nitrogens with one attached hydrogen (secondary N) is 1. The molecule has 1 aliphatic heterocycles. The number of hydrogen-bond donors (Lipinski definition) is 2. The quantitative estimate of drug-likeness (QED) is 0.756. The molecule has 0 spiro atoms. The third-order valence-corrected chi connectivity index (χ3v) is 3.10. The number of rotatable bonds is 2. The molecule has 1 aromatic carbocycles. The summed E-state index contributed by atoms with van der Waals surface area (Å²) in [7, 11) is 1.64. The Balaban J connectivity index is 2.30. The molecule has 1 heterocycles. The first-order valence-corrected chi connectivity index (χ1v) is 5.29. The normalized spacial score (nSPS) is 31.5. The predicted molar refractivity (Wildman–Crippen MR) is 58.6 cm³/mol. The molecule has 0 saturated carbocycles. The Morgan fingerprint density at radius 3 is 2.80 bits per heavy atom. The fourth-order valence-corrected chi connectivity index (χ4v) is 2.18. The zero-order valence-electron chi connectivity index (χ0n) is 8.94. The summed E-state index contributed by atoms with van der Waals surface area (Å²) in [5.41, 5.74) is 0.0969. The fraction of sp³-hybridized carbons (Fsp3) is 0.500. The van der Waals surface area contributed by atoms with Crippen molar-refractivity contribution in [2.75, 3.05) is 20.2 Å². The van der Waals surface area contributed by atoms with Crippen LogP contribution < -0.4 is 5.32 Å². The lowest BCUT2D eigenvalue weighted by Crippen LogP contribution is -2.52. The standard InChI is InChI=1S/C12H17NO2/c1-15-11-9-13-8-7-12(11,14)10-5-3-2-4-6-10/h2-6,11,13-14H,7-9H2,1H3/t11-,12-/m1/s1. The Morgan fingerprint density at radius 2 is 2.13 bits per heavy atom. The third-order valence-electron chi connectivity index (χ3n) is 3.10. The van der Waals surface area contributed by atoms with Crippen molar-refractivity contribution in [1.82, 2.24) is 5.32 Å². The highest BCUT2D eigenvalue weighted by Gasteiger charge is 2.40. The lowest BCUT2D eigenvalue weighted by Gasteiger charge is -2.39. The van der Waals surface area contributed by atoms with Gasteiger partial charge >= 0.3 is 0 Å². The maximum Gasteiger partial charge on any atom is 0.118 e. The van der Waals surface area contributed by atoms with E-state index in [-0.39, 0.29) is 6.10 Å². The van der Waals surface area contributed by atoms with Gasteiger partial charge in [0.15, 0.2) is 0 Å². The highest BCUT2D eigenvalue weighted by molar-refractivity contribution is 5.24. The second-order valence-corrected chi connectivity index (χ2v) is 3.97. The highest BCUT2D eigenvalue weighted by atomic mass is 16.5. The Labute approximate surface area is 90.1 Å². The molecule has 0 aromatic heterocycles. The van der Waals surface area contributed by atoms with Crippen LogP contribution in [0.2, 0.25) is 0 Å². The van der Waals surface area contributed by atoms with Crippen LogP contribution in [0, 0.1) is 0 Å². The summed E-state index contributed by atoms with van der Waals surface area (Å²) in [6, 6.07) is 9.76. The van der Waals surface area contributed by atoms with Crippen LogP contribution in [0.1, 0.15) is 12.0 Å². The Kier molecular flexibility index (Phi) is 3.05. The van der Waals surface area contributed by atoms with Crippen LogP contribution >= 0.6 is 0 Å². The minimum absolute atomic E-state index is 0.173. The molecule has 82 valence electrons. The topological polar surface area (TPSA) is 41.5 Å². The van der Waals surface area contributed by atoms with Crippen molar-refractivity contribution in [3.8, 4) is 0 Å². The number of methoxy groups -OCH3 is 1. The van der Waals surface area contributed by atoms with Gasteiger partial charge in [0.25, 0.3) is 0 Å². The van der Waals surface area contributed by atoms with Gasteiger partial charge < -0.3 is 15.2 Å². The first-order valence-electron chi connectivity index (χ1n) is 5.29. The molecule has 2 N–H and O–H groups in total. The van der Waals surface area contributed by atoms with Crippen molar-refractivity contribution in [2.45, 2.75) is 18.1 Å². The number of piperidine rings is 1. The van der Waals surface area contributed by atoms with Crippen LogP contribution in [0.15, 0.2) is 30.3 Å². The first-order chi connectivity index (χ1) is 7.27. The molecule has 0 amide bonds. The summed E-state index contributed by atoms with van der Waals surface area (Å²) >= 11 is 0. The van der Waals surface area contributed by atoms with Crippen LogP contribution in [0.3, 0.4) is 0 Å². The van der Waals surface area contributed by atoms with Gasteiger partial charge in [0.2, 0.25) is 0 Å². The zero-order chi connectivity index (χ0) is 10.7. The van der Waals surface area contributed by atoms with Crippen molar-refractivity contribution in [1.29, 1.82) is 0 Å². The van der Waals surface area contributed by atoms with Gasteiger partial charge in [0.1, 0.15) is 11.7 Å². The smallest absolute Gasteiger partial charge is 0.118 e. The lowest BCUT2D eigenvalue weighted by atomic mass is 9.83. The molecular formula is C12H17NO2. The minimum Gasteiger partial charge on any atom is -0.382 e. The molecule has 1 saturated heterocycles. The van der Waals surface area contributed by atoms with Crippen LogP contribution in [-0.2, 0) is 10.3 Å². The maximum absolute atomic E-state index is 10.6. The molecule has 0 bridgehead atoms. The number of ether oxygens (including phenoxy) is 1. The Hall–Kier alpha value is -0.900. The summed E-state index contributed by atoms with van der Waals surface area (Å²) in [5, 5.41) is 13.9. The van der Waals surface area contributed by atoms with Gasteiger partial charge in [-0.25, -0.2) is 0 Å². The largest absolute Gasteiger partial charge is 0.382 e. The highest BCUT2D eigenvalue weighted by Crippen LogP contribution is 2.31. The fourth-order valence-electron chi connectivity index (χ4n) is 2.18. The number of hydrogen-bond acceptors (Lipinski definition) is 3. The van der Waals surface area contributed by atoms with E-state index in [0.717, 1.165) is 12.1 Å². The van der Waals surface area contributed by atoms with Gasteiger partial charge in [-0.1, -0.05) is 30.3 Å². The van der Waals surface area contributed by atoms with Gasteiger partial charge in [0.05, 0.1) is 0 Å². The van der Waals surface area contributed by atoms with E-state index in [1.165, 1.54) is 0 Å². The van der Waals surface area contributed by atoms with Crippen molar-refractivity contribution in [2.24, 2.45) is 0 Å². The third kappa shape index (κ3) is 1.91. The maximum atomic E-state index is 10.6. The van der Waals surface area contributed by atoms with Crippen LogP contribution in [0.5, 0.6) is 0 Å². The van der Waals surface area contributed by atoms with E-state index in [4.69, 9.17) is 4.74 Å². The van der Waals surface area contributed by atoms with Crippen molar-refractivity contribution in [3.63, 3.8) is 0 Å². The van der Waals surface area contributed by atoms with E-state index in [9.17, 15) is 5.11 Å². The zero-order valence-corrected chi connectivity index (χ0v) is 8.94. The van der Waals surface area contributed by atoms with E-state index in [2.05, 4.69) is 5.32 Å². The summed E-state index contributed by atoms with van der Waals surface area (Å²) in [6.07, 6.45) is 0.517. The summed E-state index contributed by atoms with van der Waals surface area (Å²) in [5.74, 6) is 0. The second kappa shape index (κ2) is 4.31. The molecule has 3 nitrogen and oxygen atoms in total. The van der Waals surface area contributed by atoms with Gasteiger partial charge in [0, 0.05) is 13.7 Å². The number of aliphatic hydroxyl groups is 1. The molecule has 0 aliphatic carbocycles. The van der Waals surface area contributed by atoms with E-state index in [0.29, 0.717) is 13.0 Å². The average Bonchev–Trinajstić information content (AvgIpc) is 2.31. The van der Waals surface area contributed by atoms with Gasteiger partial charge in [-0.3, -0.25) is 0 Å². The van der Waals surface area contributed by atoms with E-state index in [1.54, 1.807) is 7.11 Å². The second-order valence-electron chi connectivity index (χ2n) is 3.97. The summed E-state index contributed by atoms with van der Waals surface area (Å²) in [4.78, 5) is 0. The van der Waals surface area contributed by atoms with Crippen molar-refractivity contribution < 1.29 is 9.84 Å². The van der Waals surface area contributed by atoms with Gasteiger partial charge in [-0.2, -0.15) is 0 Å². The van der Waals surface area contributed by atoms with Crippen LogP contribution in [0.25, 0.3) is 0 Å². The molecule has 0 unspecified atom stereocenters. The van der Waals surface area contributed by atoms with Crippen molar-refractivity contribution in [3.05, 3.63) is 35.9 Å². The van der Waals surface area contributed by atoms with Gasteiger partial charge in [-0.05, 0) is 18.5 Å². The summed E-state index contributed by atoms with van der Waals surface area (Å²) in [6.45, 7) is 1.52. The minimum atomic E-state index is -0.846. The van der Waals surface area contributed by atoms with Gasteiger partial charge in [-0.15, -0.1) is 0 Å². The van der Waals surface area contributed by atoms with E-state index in [1.807, 2.05) is 30.3 Å².